The van der Waals surface area contributed by atoms with Gasteiger partial charge in [0.25, 0.3) is 0 Å². The van der Waals surface area contributed by atoms with Gasteiger partial charge in [-0.1, -0.05) is 6.92 Å². The second-order valence-electron chi connectivity index (χ2n) is 8.16. The first-order valence-corrected chi connectivity index (χ1v) is 11.3. The van der Waals surface area contributed by atoms with Gasteiger partial charge in [0.2, 0.25) is 0 Å². The minimum absolute atomic E-state index is 0.119. The van der Waals surface area contributed by atoms with Crippen LogP contribution in [-0.4, -0.2) is 135 Å². The summed E-state index contributed by atoms with van der Waals surface area (Å²) in [5.74, 6) is 0. The van der Waals surface area contributed by atoms with Crippen LogP contribution in [0.2, 0.25) is 0 Å². The molecule has 0 aliphatic carbocycles. The summed E-state index contributed by atoms with van der Waals surface area (Å²) in [6, 6.07) is 0. The van der Waals surface area contributed by atoms with E-state index in [4.69, 9.17) is 19.9 Å². The lowest BCUT2D eigenvalue weighted by Crippen LogP contribution is -2.79. The van der Waals surface area contributed by atoms with Crippen molar-refractivity contribution in [2.45, 2.75) is 25.4 Å². The molecule has 10 nitrogen and oxygen atoms in total. The van der Waals surface area contributed by atoms with E-state index in [1.807, 2.05) is 0 Å². The molecule has 0 aromatic rings. The quantitative estimate of drug-likeness (QED) is 0.587. The summed E-state index contributed by atoms with van der Waals surface area (Å²) in [5, 5.41) is 15.2. The van der Waals surface area contributed by atoms with Crippen LogP contribution >= 0.6 is 0 Å². The van der Waals surface area contributed by atoms with Gasteiger partial charge in [0.15, 0.2) is 0 Å². The number of ether oxygens (including phenoxy) is 3. The van der Waals surface area contributed by atoms with E-state index < -0.39 is 0 Å². The normalized spacial score (nSPS) is 30.0. The standard InChI is InChI=1S/C19H39N7O3/c1-2-19(3-4-20)25(22-7-13-28-14-8-22)17-24(21-5-11-27-12-6-21)18-26(19)23-9-15-29-16-10-23/h2-18,20H2,1H3. The maximum atomic E-state index is 6.20. The molecule has 4 fully saturated rings. The van der Waals surface area contributed by atoms with Gasteiger partial charge in [0.05, 0.1) is 53.0 Å². The van der Waals surface area contributed by atoms with Gasteiger partial charge in [-0.3, -0.25) is 0 Å². The van der Waals surface area contributed by atoms with Crippen molar-refractivity contribution in [1.29, 1.82) is 0 Å². The number of nitrogens with two attached hydrogens (primary N) is 1. The zero-order valence-corrected chi connectivity index (χ0v) is 18.0. The number of hydrazine groups is 3. The van der Waals surface area contributed by atoms with E-state index in [1.165, 1.54) is 0 Å². The molecule has 0 radical (unpaired) electrons. The van der Waals surface area contributed by atoms with E-state index in [2.05, 4.69) is 37.0 Å². The first kappa shape index (κ1) is 21.8. The van der Waals surface area contributed by atoms with Gasteiger partial charge in [-0.25, -0.2) is 30.1 Å². The van der Waals surface area contributed by atoms with Crippen molar-refractivity contribution < 1.29 is 14.2 Å². The number of hydrogen-bond donors (Lipinski definition) is 1. The van der Waals surface area contributed by atoms with E-state index in [1.54, 1.807) is 0 Å². The number of rotatable bonds is 6. The van der Waals surface area contributed by atoms with Crippen LogP contribution in [0.4, 0.5) is 0 Å². The van der Waals surface area contributed by atoms with Gasteiger partial charge in [-0.15, -0.1) is 0 Å². The Morgan fingerprint density at radius 3 is 1.45 bits per heavy atom. The first-order valence-electron chi connectivity index (χ1n) is 11.3. The minimum Gasteiger partial charge on any atom is -0.379 e. The molecular weight excluding hydrogens is 374 g/mol. The van der Waals surface area contributed by atoms with Crippen LogP contribution in [0.25, 0.3) is 0 Å². The predicted octanol–water partition coefficient (Wildman–Crippen LogP) is -0.982. The molecule has 0 spiro atoms. The van der Waals surface area contributed by atoms with Gasteiger partial charge in [-0.2, -0.15) is 0 Å². The van der Waals surface area contributed by atoms with Crippen LogP contribution in [0, 0.1) is 0 Å². The van der Waals surface area contributed by atoms with Crippen LogP contribution in [0.3, 0.4) is 0 Å². The van der Waals surface area contributed by atoms with Crippen molar-refractivity contribution in [2.24, 2.45) is 5.73 Å². The molecule has 0 saturated carbocycles. The molecule has 2 N–H and O–H groups in total. The number of nitrogens with zero attached hydrogens (tertiary/aromatic N) is 6. The van der Waals surface area contributed by atoms with Crippen LogP contribution in [0.5, 0.6) is 0 Å². The third kappa shape index (κ3) is 4.62. The molecule has 4 aliphatic heterocycles. The topological polar surface area (TPSA) is 73.2 Å². The molecule has 4 aliphatic rings. The van der Waals surface area contributed by atoms with E-state index in [0.717, 1.165) is 105 Å². The molecule has 4 heterocycles. The van der Waals surface area contributed by atoms with E-state index in [0.29, 0.717) is 6.54 Å². The van der Waals surface area contributed by atoms with Crippen molar-refractivity contribution >= 4 is 0 Å². The summed E-state index contributed by atoms with van der Waals surface area (Å²) < 4.78 is 16.9. The van der Waals surface area contributed by atoms with Crippen molar-refractivity contribution in [3.63, 3.8) is 0 Å². The smallest absolute Gasteiger partial charge is 0.104 e. The highest BCUT2D eigenvalue weighted by atomic mass is 16.5. The molecule has 0 unspecified atom stereocenters. The second-order valence-corrected chi connectivity index (χ2v) is 8.16. The largest absolute Gasteiger partial charge is 0.379 e. The van der Waals surface area contributed by atoms with Crippen LogP contribution < -0.4 is 5.73 Å². The Morgan fingerprint density at radius 1 is 0.655 bits per heavy atom. The molecule has 0 atom stereocenters. The maximum absolute atomic E-state index is 6.20. The van der Waals surface area contributed by atoms with Crippen LogP contribution in [0.15, 0.2) is 0 Å². The lowest BCUT2D eigenvalue weighted by atomic mass is 9.99. The molecule has 10 heteroatoms. The Morgan fingerprint density at radius 2 is 1.07 bits per heavy atom. The molecule has 0 aromatic heterocycles. The zero-order valence-electron chi connectivity index (χ0n) is 18.0. The fraction of sp³-hybridized carbons (Fsp3) is 1.00. The van der Waals surface area contributed by atoms with Crippen molar-refractivity contribution in [2.75, 3.05) is 98.8 Å². The maximum Gasteiger partial charge on any atom is 0.104 e. The Hall–Kier alpha value is -0.400. The highest BCUT2D eigenvalue weighted by Gasteiger charge is 2.51. The van der Waals surface area contributed by atoms with E-state index in [9.17, 15) is 0 Å². The average Bonchev–Trinajstić information content (AvgIpc) is 2.81. The second kappa shape index (κ2) is 10.3. The predicted molar refractivity (Wildman–Crippen MR) is 109 cm³/mol. The Balaban J connectivity index is 1.65. The zero-order chi connectivity index (χ0) is 20.1. The lowest BCUT2D eigenvalue weighted by molar-refractivity contribution is -0.342. The number of hydrogen-bond acceptors (Lipinski definition) is 10. The SMILES string of the molecule is CCC1(CCN)N(N2CCOCC2)CN(N2CCOCC2)CN1N1CCOCC1. The molecule has 0 amide bonds. The highest BCUT2D eigenvalue weighted by Crippen LogP contribution is 2.36. The lowest BCUT2D eigenvalue weighted by Gasteiger charge is -2.63. The summed E-state index contributed by atoms with van der Waals surface area (Å²) in [7, 11) is 0. The van der Waals surface area contributed by atoms with Gasteiger partial charge in [0, 0.05) is 39.3 Å². The van der Waals surface area contributed by atoms with E-state index in [-0.39, 0.29) is 5.66 Å². The molecule has 0 bridgehead atoms. The van der Waals surface area contributed by atoms with Gasteiger partial charge in [-0.05, 0) is 19.4 Å². The van der Waals surface area contributed by atoms with Gasteiger partial charge >= 0.3 is 0 Å². The monoisotopic (exact) mass is 413 g/mol. The van der Waals surface area contributed by atoms with Gasteiger partial charge in [0.1, 0.15) is 5.66 Å². The van der Waals surface area contributed by atoms with Crippen LogP contribution in [-0.2, 0) is 14.2 Å². The Labute approximate surface area is 174 Å². The van der Waals surface area contributed by atoms with E-state index >= 15 is 0 Å². The summed E-state index contributed by atoms with van der Waals surface area (Å²) in [5.41, 5.74) is 6.08. The molecule has 4 rings (SSSR count). The molecule has 168 valence electrons. The minimum atomic E-state index is -0.119. The first-order chi connectivity index (χ1) is 14.3. The summed E-state index contributed by atoms with van der Waals surface area (Å²) in [4.78, 5) is 0. The highest BCUT2D eigenvalue weighted by molar-refractivity contribution is 4.92. The Kier molecular flexibility index (Phi) is 7.73. The van der Waals surface area contributed by atoms with Crippen molar-refractivity contribution in [3.05, 3.63) is 0 Å². The van der Waals surface area contributed by atoms with Crippen molar-refractivity contribution in [3.8, 4) is 0 Å². The average molecular weight is 414 g/mol. The summed E-state index contributed by atoms with van der Waals surface area (Å²) in [6.07, 6.45) is 1.96. The molecule has 0 aromatic carbocycles. The fourth-order valence-corrected chi connectivity index (χ4v) is 5.09. The van der Waals surface area contributed by atoms with Crippen molar-refractivity contribution in [1.82, 2.24) is 30.1 Å². The molecule has 29 heavy (non-hydrogen) atoms. The summed E-state index contributed by atoms with van der Waals surface area (Å²) in [6.45, 7) is 15.1. The van der Waals surface area contributed by atoms with Gasteiger partial charge < -0.3 is 19.9 Å². The third-order valence-electron chi connectivity index (χ3n) is 6.71. The van der Waals surface area contributed by atoms with Crippen LogP contribution in [0.1, 0.15) is 19.8 Å². The number of morpholine rings is 3. The third-order valence-corrected chi connectivity index (χ3v) is 6.71. The Bertz CT molecular complexity index is 468. The summed E-state index contributed by atoms with van der Waals surface area (Å²) >= 11 is 0. The fourth-order valence-electron chi connectivity index (χ4n) is 5.09. The molecular formula is C19H39N7O3. The molecule has 4 saturated heterocycles.